The van der Waals surface area contributed by atoms with E-state index in [2.05, 4.69) is 10.0 Å². The van der Waals surface area contributed by atoms with Gasteiger partial charge in [0, 0.05) is 17.3 Å². The van der Waals surface area contributed by atoms with Crippen molar-refractivity contribution in [2.45, 2.75) is 43.0 Å². The Bertz CT molecular complexity index is 1010. The predicted octanol–water partition coefficient (Wildman–Crippen LogP) is 4.87. The molecule has 0 aromatic heterocycles. The molecule has 0 bridgehead atoms. The molecule has 0 spiro atoms. The number of nitrogens with one attached hydrogen (secondary N) is 2. The van der Waals surface area contributed by atoms with Crippen molar-refractivity contribution < 1.29 is 17.9 Å². The van der Waals surface area contributed by atoms with Crippen molar-refractivity contribution in [2.75, 3.05) is 12.4 Å². The Hall–Kier alpha value is -1.80. The monoisotopic (exact) mass is 456 g/mol. The van der Waals surface area contributed by atoms with Crippen LogP contribution in [0.2, 0.25) is 10.0 Å². The molecule has 156 valence electrons. The van der Waals surface area contributed by atoms with E-state index in [4.69, 9.17) is 27.9 Å². The maximum absolute atomic E-state index is 12.9. The third kappa shape index (κ3) is 5.42. The summed E-state index contributed by atoms with van der Waals surface area (Å²) in [4.78, 5) is 12.6. The van der Waals surface area contributed by atoms with Gasteiger partial charge in [0.25, 0.3) is 5.91 Å². The van der Waals surface area contributed by atoms with Gasteiger partial charge in [-0.3, -0.25) is 4.79 Å². The molecule has 0 radical (unpaired) electrons. The number of carbonyl (C=O) groups excluding carboxylic acids is 1. The number of anilines is 1. The third-order valence-electron chi connectivity index (χ3n) is 4.82. The Labute approximate surface area is 180 Å². The molecular formula is C20H22Cl2N2O4S. The molecule has 9 heteroatoms. The van der Waals surface area contributed by atoms with Crippen LogP contribution in [-0.2, 0) is 10.0 Å². The SMILES string of the molecule is COc1ccc(C(=O)Nc2ccc(Cl)c(Cl)c2)cc1S(=O)(=O)NC1CCCCC1. The number of carbonyl (C=O) groups is 1. The lowest BCUT2D eigenvalue weighted by Crippen LogP contribution is -2.36. The quantitative estimate of drug-likeness (QED) is 0.649. The normalized spacial score (nSPS) is 15.1. The van der Waals surface area contributed by atoms with Gasteiger partial charge in [-0.2, -0.15) is 0 Å². The molecule has 3 rings (SSSR count). The van der Waals surface area contributed by atoms with Crippen molar-refractivity contribution in [3.8, 4) is 5.75 Å². The minimum Gasteiger partial charge on any atom is -0.495 e. The van der Waals surface area contributed by atoms with Gasteiger partial charge in [-0.1, -0.05) is 42.5 Å². The van der Waals surface area contributed by atoms with Crippen LogP contribution in [0.25, 0.3) is 0 Å². The van der Waals surface area contributed by atoms with E-state index in [1.807, 2.05) is 0 Å². The number of sulfonamides is 1. The topological polar surface area (TPSA) is 84.5 Å². The van der Waals surface area contributed by atoms with E-state index in [0.717, 1.165) is 32.1 Å². The molecule has 1 fully saturated rings. The zero-order valence-corrected chi connectivity index (χ0v) is 18.2. The van der Waals surface area contributed by atoms with Crippen LogP contribution in [0, 0.1) is 0 Å². The van der Waals surface area contributed by atoms with Gasteiger partial charge < -0.3 is 10.1 Å². The molecular weight excluding hydrogens is 435 g/mol. The summed E-state index contributed by atoms with van der Waals surface area (Å²) in [5.41, 5.74) is 0.630. The van der Waals surface area contributed by atoms with E-state index >= 15 is 0 Å². The van der Waals surface area contributed by atoms with Gasteiger partial charge in [0.1, 0.15) is 10.6 Å². The third-order valence-corrected chi connectivity index (χ3v) is 7.10. The number of methoxy groups -OCH3 is 1. The molecule has 0 saturated heterocycles. The standard InChI is InChI=1S/C20H22Cl2N2O4S/c1-28-18-10-7-13(20(25)23-15-8-9-16(21)17(22)12-15)11-19(18)29(26,27)24-14-5-3-2-4-6-14/h7-12,14,24H,2-6H2,1H3,(H,23,25). The highest BCUT2D eigenvalue weighted by molar-refractivity contribution is 7.89. The Morgan fingerprint density at radius 2 is 1.76 bits per heavy atom. The van der Waals surface area contributed by atoms with Crippen molar-refractivity contribution in [3.05, 3.63) is 52.0 Å². The molecule has 0 aliphatic heterocycles. The first kappa shape index (κ1) is 21.9. The van der Waals surface area contributed by atoms with Crippen LogP contribution < -0.4 is 14.8 Å². The molecule has 1 aliphatic carbocycles. The van der Waals surface area contributed by atoms with Crippen LogP contribution in [-0.4, -0.2) is 27.5 Å². The van der Waals surface area contributed by atoms with Crippen LogP contribution in [0.1, 0.15) is 42.5 Å². The first-order valence-corrected chi connectivity index (χ1v) is 11.5. The van der Waals surface area contributed by atoms with Crippen LogP contribution >= 0.6 is 23.2 Å². The van der Waals surface area contributed by atoms with Crippen LogP contribution in [0.3, 0.4) is 0 Å². The van der Waals surface area contributed by atoms with Gasteiger partial charge in [0.2, 0.25) is 10.0 Å². The van der Waals surface area contributed by atoms with Gasteiger partial charge in [-0.15, -0.1) is 0 Å². The Morgan fingerprint density at radius 1 is 1.03 bits per heavy atom. The smallest absolute Gasteiger partial charge is 0.255 e. The zero-order valence-electron chi connectivity index (χ0n) is 15.9. The molecule has 2 N–H and O–H groups in total. The van der Waals surface area contributed by atoms with Crippen molar-refractivity contribution in [3.63, 3.8) is 0 Å². The highest BCUT2D eigenvalue weighted by Gasteiger charge is 2.26. The average molecular weight is 457 g/mol. The summed E-state index contributed by atoms with van der Waals surface area (Å²) in [6, 6.07) is 8.89. The molecule has 0 atom stereocenters. The molecule has 1 amide bonds. The average Bonchev–Trinajstić information content (AvgIpc) is 2.70. The molecule has 6 nitrogen and oxygen atoms in total. The number of benzene rings is 2. The van der Waals surface area contributed by atoms with E-state index in [9.17, 15) is 13.2 Å². The van der Waals surface area contributed by atoms with Gasteiger partial charge in [-0.05, 0) is 49.2 Å². The fourth-order valence-corrected chi connectivity index (χ4v) is 5.11. The lowest BCUT2D eigenvalue weighted by molar-refractivity contribution is 0.102. The zero-order chi connectivity index (χ0) is 21.0. The predicted molar refractivity (Wildman–Crippen MR) is 115 cm³/mol. The second-order valence-electron chi connectivity index (χ2n) is 6.90. The molecule has 1 saturated carbocycles. The van der Waals surface area contributed by atoms with E-state index in [1.54, 1.807) is 12.1 Å². The molecule has 1 aliphatic rings. The first-order chi connectivity index (χ1) is 13.8. The first-order valence-electron chi connectivity index (χ1n) is 9.27. The summed E-state index contributed by atoms with van der Waals surface area (Å²) >= 11 is 11.9. The molecule has 29 heavy (non-hydrogen) atoms. The minimum atomic E-state index is -3.84. The van der Waals surface area contributed by atoms with Crippen molar-refractivity contribution in [1.29, 1.82) is 0 Å². The molecule has 0 unspecified atom stereocenters. The number of rotatable bonds is 6. The highest BCUT2D eigenvalue weighted by atomic mass is 35.5. The van der Waals surface area contributed by atoms with E-state index in [1.165, 1.54) is 31.4 Å². The summed E-state index contributed by atoms with van der Waals surface area (Å²) in [6.07, 6.45) is 4.72. The van der Waals surface area contributed by atoms with Crippen molar-refractivity contribution in [1.82, 2.24) is 4.72 Å². The Morgan fingerprint density at radius 3 is 2.41 bits per heavy atom. The highest BCUT2D eigenvalue weighted by Crippen LogP contribution is 2.28. The minimum absolute atomic E-state index is 0.0626. The Balaban J connectivity index is 1.85. The summed E-state index contributed by atoms with van der Waals surface area (Å²) in [5, 5.41) is 3.36. The largest absolute Gasteiger partial charge is 0.495 e. The number of amides is 1. The summed E-state index contributed by atoms with van der Waals surface area (Å²) in [7, 11) is -2.44. The molecule has 2 aromatic carbocycles. The maximum atomic E-state index is 12.9. The Kier molecular flexibility index (Phi) is 7.05. The number of hydrogen-bond donors (Lipinski definition) is 2. The van der Waals surface area contributed by atoms with E-state index < -0.39 is 15.9 Å². The van der Waals surface area contributed by atoms with Gasteiger partial charge >= 0.3 is 0 Å². The van der Waals surface area contributed by atoms with E-state index in [-0.39, 0.29) is 22.3 Å². The van der Waals surface area contributed by atoms with Gasteiger partial charge in [-0.25, -0.2) is 13.1 Å². The van der Waals surface area contributed by atoms with Gasteiger partial charge in [0.05, 0.1) is 17.2 Å². The fourth-order valence-electron chi connectivity index (χ4n) is 3.31. The van der Waals surface area contributed by atoms with Crippen molar-refractivity contribution in [2.24, 2.45) is 0 Å². The fraction of sp³-hybridized carbons (Fsp3) is 0.350. The van der Waals surface area contributed by atoms with Crippen LogP contribution in [0.5, 0.6) is 5.75 Å². The molecule has 2 aromatic rings. The van der Waals surface area contributed by atoms with Crippen molar-refractivity contribution >= 4 is 44.8 Å². The van der Waals surface area contributed by atoms with Gasteiger partial charge in [0.15, 0.2) is 0 Å². The number of hydrogen-bond acceptors (Lipinski definition) is 4. The summed E-state index contributed by atoms with van der Waals surface area (Å²) < 4.78 is 33.8. The molecule has 0 heterocycles. The van der Waals surface area contributed by atoms with E-state index in [0.29, 0.717) is 15.7 Å². The van der Waals surface area contributed by atoms with Crippen LogP contribution in [0.15, 0.2) is 41.3 Å². The summed E-state index contributed by atoms with van der Waals surface area (Å²) in [6.45, 7) is 0. The number of halogens is 2. The second-order valence-corrected chi connectivity index (χ2v) is 9.40. The van der Waals surface area contributed by atoms with Crippen LogP contribution in [0.4, 0.5) is 5.69 Å². The lowest BCUT2D eigenvalue weighted by atomic mass is 9.96. The summed E-state index contributed by atoms with van der Waals surface area (Å²) in [5.74, 6) is -0.292. The maximum Gasteiger partial charge on any atom is 0.255 e. The number of ether oxygens (including phenoxy) is 1. The second kappa shape index (κ2) is 9.34. The lowest BCUT2D eigenvalue weighted by Gasteiger charge is -2.23.